The van der Waals surface area contributed by atoms with Gasteiger partial charge in [0.2, 0.25) is 5.91 Å². The lowest BCUT2D eigenvalue weighted by atomic mass is 9.90. The Labute approximate surface area is 200 Å². The fourth-order valence-corrected chi connectivity index (χ4v) is 5.48. The number of piperidine rings is 1. The highest BCUT2D eigenvalue weighted by atomic mass is 79.9. The highest BCUT2D eigenvalue weighted by Gasteiger charge is 2.33. The minimum absolute atomic E-state index is 0.00421. The van der Waals surface area contributed by atoms with E-state index in [0.717, 1.165) is 27.9 Å². The second kappa shape index (κ2) is 8.96. The maximum absolute atomic E-state index is 13.0. The maximum atomic E-state index is 13.0. The van der Waals surface area contributed by atoms with Crippen molar-refractivity contribution in [3.8, 4) is 0 Å². The van der Waals surface area contributed by atoms with E-state index in [0.29, 0.717) is 30.1 Å². The zero-order valence-corrected chi connectivity index (χ0v) is 20.6. The van der Waals surface area contributed by atoms with Crippen LogP contribution in [-0.4, -0.2) is 53.8 Å². The molecule has 1 aromatic carbocycles. The Morgan fingerprint density at radius 2 is 1.94 bits per heavy atom. The van der Waals surface area contributed by atoms with Gasteiger partial charge in [-0.15, -0.1) is 11.3 Å². The predicted octanol–water partition coefficient (Wildman–Crippen LogP) is 3.31. The Morgan fingerprint density at radius 3 is 2.56 bits per heavy atom. The molecule has 3 heterocycles. The smallest absolute Gasteiger partial charge is 0.261 e. The molecule has 3 amide bonds. The van der Waals surface area contributed by atoms with E-state index >= 15 is 0 Å². The molecule has 0 spiro atoms. The zero-order chi connectivity index (χ0) is 23.0. The van der Waals surface area contributed by atoms with Crippen molar-refractivity contribution >= 4 is 50.7 Å². The molecule has 1 aromatic heterocycles. The molecule has 32 heavy (non-hydrogen) atoms. The van der Waals surface area contributed by atoms with E-state index < -0.39 is 0 Å². The van der Waals surface area contributed by atoms with E-state index in [1.807, 2.05) is 36.9 Å². The van der Waals surface area contributed by atoms with Gasteiger partial charge in [-0.1, -0.05) is 0 Å². The van der Waals surface area contributed by atoms with Gasteiger partial charge in [0.25, 0.3) is 11.8 Å². The molecule has 0 radical (unpaired) electrons. The first-order valence-corrected chi connectivity index (χ1v) is 12.3. The average Bonchev–Trinajstić information content (AvgIpc) is 3.33. The van der Waals surface area contributed by atoms with E-state index in [9.17, 15) is 14.4 Å². The van der Waals surface area contributed by atoms with Gasteiger partial charge in [0.05, 0.1) is 14.7 Å². The van der Waals surface area contributed by atoms with Crippen molar-refractivity contribution in [2.45, 2.75) is 44.7 Å². The van der Waals surface area contributed by atoms with Gasteiger partial charge >= 0.3 is 0 Å². The molecule has 2 saturated heterocycles. The fraction of sp³-hybridized carbons (Fsp3) is 0.435. The van der Waals surface area contributed by atoms with Crippen molar-refractivity contribution in [1.29, 1.82) is 0 Å². The van der Waals surface area contributed by atoms with Crippen LogP contribution < -0.4 is 16.0 Å². The van der Waals surface area contributed by atoms with Crippen LogP contribution in [-0.2, 0) is 4.79 Å². The Hall–Kier alpha value is -2.23. The quantitative estimate of drug-likeness (QED) is 0.648. The predicted molar refractivity (Wildman–Crippen MR) is 129 cm³/mol. The van der Waals surface area contributed by atoms with E-state index in [1.54, 1.807) is 17.0 Å². The Kier molecular flexibility index (Phi) is 6.42. The number of hydrogen-bond donors (Lipinski definition) is 2. The van der Waals surface area contributed by atoms with Gasteiger partial charge in [-0.2, -0.15) is 0 Å². The van der Waals surface area contributed by atoms with Crippen molar-refractivity contribution in [2.24, 2.45) is 5.73 Å². The second-order valence-corrected chi connectivity index (χ2v) is 11.4. The number of rotatable bonds is 4. The van der Waals surface area contributed by atoms with Crippen LogP contribution >= 0.6 is 27.3 Å². The first kappa shape index (κ1) is 22.9. The van der Waals surface area contributed by atoms with Crippen LogP contribution in [0.5, 0.6) is 0 Å². The van der Waals surface area contributed by atoms with Gasteiger partial charge in [0.1, 0.15) is 0 Å². The van der Waals surface area contributed by atoms with E-state index in [-0.39, 0.29) is 35.7 Å². The van der Waals surface area contributed by atoms with E-state index in [2.05, 4.69) is 21.2 Å². The normalized spacial score (nSPS) is 20.5. The number of benzene rings is 1. The molecule has 1 atom stereocenters. The van der Waals surface area contributed by atoms with Crippen molar-refractivity contribution in [2.75, 3.05) is 24.5 Å². The molecule has 170 valence electrons. The first-order valence-electron chi connectivity index (χ1n) is 10.7. The third-order valence-corrected chi connectivity index (χ3v) is 7.82. The van der Waals surface area contributed by atoms with E-state index in [4.69, 9.17) is 5.73 Å². The summed E-state index contributed by atoms with van der Waals surface area (Å²) in [5.74, 6) is -0.212. The minimum Gasteiger partial charge on any atom is -0.346 e. The number of likely N-dealkylation sites (tertiary alicyclic amines) is 1. The summed E-state index contributed by atoms with van der Waals surface area (Å²) >= 11 is 4.72. The number of hydrogen-bond acceptors (Lipinski definition) is 5. The fourth-order valence-electron chi connectivity index (χ4n) is 4.19. The van der Waals surface area contributed by atoms with Gasteiger partial charge in [0, 0.05) is 42.8 Å². The third kappa shape index (κ3) is 4.89. The third-order valence-electron chi connectivity index (χ3n) is 6.20. The largest absolute Gasteiger partial charge is 0.346 e. The van der Waals surface area contributed by atoms with Gasteiger partial charge in [0.15, 0.2) is 0 Å². The van der Waals surface area contributed by atoms with Crippen LogP contribution in [0.4, 0.5) is 5.69 Å². The number of amides is 3. The number of nitrogens with zero attached hydrogens (tertiary/aromatic N) is 2. The number of thiophene rings is 1. The number of halogens is 1. The molecule has 7 nitrogen and oxygen atoms in total. The molecule has 0 saturated carbocycles. The molecule has 2 aliphatic heterocycles. The van der Waals surface area contributed by atoms with Crippen molar-refractivity contribution in [3.05, 3.63) is 50.1 Å². The Bertz CT molecular complexity index is 1060. The SMILES string of the molecule is Cc1cc(N2CC(NC(=O)c3ccc(Br)s3)CC2=O)ccc1C(=O)N1CCC(C)(N)CC1. The molecule has 3 N–H and O–H groups in total. The lowest BCUT2D eigenvalue weighted by molar-refractivity contribution is -0.117. The first-order chi connectivity index (χ1) is 15.1. The number of carbonyl (C=O) groups is 3. The summed E-state index contributed by atoms with van der Waals surface area (Å²) in [6.45, 7) is 5.63. The summed E-state index contributed by atoms with van der Waals surface area (Å²) in [4.78, 5) is 42.2. The molecular formula is C23H27BrN4O3S. The summed E-state index contributed by atoms with van der Waals surface area (Å²) in [5.41, 5.74) is 8.19. The minimum atomic E-state index is -0.253. The van der Waals surface area contributed by atoms with Crippen LogP contribution in [0.2, 0.25) is 0 Å². The maximum Gasteiger partial charge on any atom is 0.261 e. The van der Waals surface area contributed by atoms with Crippen molar-refractivity contribution < 1.29 is 14.4 Å². The number of carbonyl (C=O) groups excluding carboxylic acids is 3. The molecule has 2 fully saturated rings. The topological polar surface area (TPSA) is 95.7 Å². The van der Waals surface area contributed by atoms with Crippen LogP contribution in [0.1, 0.15) is 51.8 Å². The van der Waals surface area contributed by atoms with Gasteiger partial charge in [-0.05, 0) is 78.5 Å². The molecule has 2 aromatic rings. The number of anilines is 1. The van der Waals surface area contributed by atoms with Crippen LogP contribution in [0, 0.1) is 6.92 Å². The standard InChI is InChI=1S/C23H27BrN4O3S/c1-14-11-16(3-4-17(14)22(31)27-9-7-23(2,25)8-10-27)28-13-15(12-20(28)29)26-21(30)18-5-6-19(24)32-18/h3-6,11,15H,7-10,12-13,25H2,1-2H3,(H,26,30). The zero-order valence-electron chi connectivity index (χ0n) is 18.2. The summed E-state index contributed by atoms with van der Waals surface area (Å²) in [7, 11) is 0. The molecule has 0 bridgehead atoms. The molecule has 9 heteroatoms. The van der Waals surface area contributed by atoms with Crippen LogP contribution in [0.15, 0.2) is 34.1 Å². The lowest BCUT2D eigenvalue weighted by Crippen LogP contribution is -2.49. The highest BCUT2D eigenvalue weighted by Crippen LogP contribution is 2.27. The lowest BCUT2D eigenvalue weighted by Gasteiger charge is -2.37. The van der Waals surface area contributed by atoms with Crippen LogP contribution in [0.3, 0.4) is 0 Å². The highest BCUT2D eigenvalue weighted by molar-refractivity contribution is 9.11. The van der Waals surface area contributed by atoms with Crippen LogP contribution in [0.25, 0.3) is 0 Å². The average molecular weight is 519 g/mol. The van der Waals surface area contributed by atoms with Gasteiger partial charge in [-0.3, -0.25) is 14.4 Å². The summed E-state index contributed by atoms with van der Waals surface area (Å²) < 4.78 is 0.887. The monoisotopic (exact) mass is 518 g/mol. The van der Waals surface area contributed by atoms with Gasteiger partial charge in [-0.25, -0.2) is 0 Å². The van der Waals surface area contributed by atoms with Crippen molar-refractivity contribution in [3.63, 3.8) is 0 Å². The summed E-state index contributed by atoms with van der Waals surface area (Å²) in [5, 5.41) is 2.95. The number of nitrogens with one attached hydrogen (secondary N) is 1. The number of nitrogens with two attached hydrogens (primary N) is 1. The van der Waals surface area contributed by atoms with Crippen molar-refractivity contribution in [1.82, 2.24) is 10.2 Å². The number of aryl methyl sites for hydroxylation is 1. The second-order valence-electron chi connectivity index (χ2n) is 8.93. The summed E-state index contributed by atoms with van der Waals surface area (Å²) in [6, 6.07) is 8.82. The Balaban J connectivity index is 1.42. The molecule has 0 aliphatic carbocycles. The molecule has 4 rings (SSSR count). The Morgan fingerprint density at radius 1 is 1.22 bits per heavy atom. The molecular weight excluding hydrogens is 492 g/mol. The van der Waals surface area contributed by atoms with E-state index in [1.165, 1.54) is 11.3 Å². The molecule has 1 unspecified atom stereocenters. The molecule has 2 aliphatic rings. The van der Waals surface area contributed by atoms with Gasteiger partial charge < -0.3 is 20.9 Å². The summed E-state index contributed by atoms with van der Waals surface area (Å²) in [6.07, 6.45) is 1.82.